The molecule has 1 aromatic rings. The fourth-order valence-electron chi connectivity index (χ4n) is 3.07. The number of ether oxygens (including phenoxy) is 1. The van der Waals surface area contributed by atoms with Gasteiger partial charge in [0.25, 0.3) is 0 Å². The van der Waals surface area contributed by atoms with Gasteiger partial charge in [0.1, 0.15) is 5.75 Å². The van der Waals surface area contributed by atoms with E-state index in [9.17, 15) is 0 Å². The molecule has 3 rings (SSSR count). The minimum Gasteiger partial charge on any atom is -0.748 e. The third-order valence-corrected chi connectivity index (χ3v) is 4.38. The number of anilines is 1. The smallest absolute Gasteiger partial charge is 0.142 e. The van der Waals surface area contributed by atoms with E-state index in [0.29, 0.717) is 6.26 Å². The van der Waals surface area contributed by atoms with Gasteiger partial charge in [-0.25, -0.2) is 8.42 Å². The lowest BCUT2D eigenvalue weighted by atomic mass is 10.1. The molecular formula is C15H24N2O4S. The van der Waals surface area contributed by atoms with E-state index in [0.717, 1.165) is 5.75 Å². The molecule has 2 fully saturated rings. The molecule has 7 heteroatoms. The number of hydrogen-bond donors (Lipinski definition) is 0. The zero-order chi connectivity index (χ0) is 16.2. The molecule has 0 radical (unpaired) electrons. The van der Waals surface area contributed by atoms with Crippen molar-refractivity contribution in [2.24, 2.45) is 0 Å². The van der Waals surface area contributed by atoms with Gasteiger partial charge in [-0.1, -0.05) is 12.1 Å². The normalized spacial score (nSPS) is 19.9. The summed E-state index contributed by atoms with van der Waals surface area (Å²) in [5.74, 6) is 1.00. The molecule has 0 atom stereocenters. The summed E-state index contributed by atoms with van der Waals surface area (Å²) in [4.78, 5) is 2.47. The molecule has 1 aromatic carbocycles. The first-order valence-electron chi connectivity index (χ1n) is 7.47. The first-order chi connectivity index (χ1) is 10.3. The summed E-state index contributed by atoms with van der Waals surface area (Å²) in [5, 5.41) is 0. The van der Waals surface area contributed by atoms with Gasteiger partial charge in [-0.2, -0.15) is 0 Å². The maximum Gasteiger partial charge on any atom is 0.142 e. The van der Waals surface area contributed by atoms with Crippen molar-refractivity contribution in [2.45, 2.75) is 6.42 Å². The quantitative estimate of drug-likeness (QED) is 0.596. The van der Waals surface area contributed by atoms with E-state index < -0.39 is 10.1 Å². The second kappa shape index (κ2) is 6.85. The molecule has 22 heavy (non-hydrogen) atoms. The molecule has 1 spiro atoms. The first-order valence-corrected chi connectivity index (χ1v) is 9.29. The van der Waals surface area contributed by atoms with Crippen LogP contribution in [0.5, 0.6) is 5.75 Å². The number of nitrogens with zero attached hydrogens (tertiary/aromatic N) is 2. The minimum atomic E-state index is -3.92. The van der Waals surface area contributed by atoms with Crippen LogP contribution in [0.4, 0.5) is 5.69 Å². The van der Waals surface area contributed by atoms with Crippen molar-refractivity contribution in [1.82, 2.24) is 0 Å². The van der Waals surface area contributed by atoms with Crippen molar-refractivity contribution >= 4 is 15.8 Å². The number of para-hydroxylation sites is 2. The van der Waals surface area contributed by atoms with E-state index >= 15 is 0 Å². The molecule has 0 unspecified atom stereocenters. The summed E-state index contributed by atoms with van der Waals surface area (Å²) >= 11 is 0. The molecule has 0 aliphatic carbocycles. The van der Waals surface area contributed by atoms with Gasteiger partial charge in [0, 0.05) is 12.7 Å². The van der Waals surface area contributed by atoms with E-state index in [-0.39, 0.29) is 0 Å². The first kappa shape index (κ1) is 17.1. The van der Waals surface area contributed by atoms with Crippen LogP contribution in [-0.2, 0) is 10.1 Å². The predicted octanol–water partition coefficient (Wildman–Crippen LogP) is 0.897. The van der Waals surface area contributed by atoms with Gasteiger partial charge in [0.15, 0.2) is 0 Å². The van der Waals surface area contributed by atoms with Crippen LogP contribution in [0.3, 0.4) is 0 Å². The Labute approximate surface area is 132 Å². The Morgan fingerprint density at radius 1 is 1.14 bits per heavy atom. The highest BCUT2D eigenvalue weighted by Crippen LogP contribution is 2.31. The lowest BCUT2D eigenvalue weighted by Gasteiger charge is -2.50. The number of piperazine rings is 1. The van der Waals surface area contributed by atoms with Gasteiger partial charge in [0.05, 0.1) is 62.2 Å². The summed E-state index contributed by atoms with van der Waals surface area (Å²) in [7, 11) is -2.16. The summed E-state index contributed by atoms with van der Waals surface area (Å²) in [6.07, 6.45) is 2.03. The summed E-state index contributed by atoms with van der Waals surface area (Å²) in [6.45, 7) is 7.75. The van der Waals surface area contributed by atoms with Crippen LogP contribution in [0.2, 0.25) is 0 Å². The Bertz CT molecular complexity index is 581. The maximum absolute atomic E-state index is 9.08. The third-order valence-electron chi connectivity index (χ3n) is 4.38. The lowest BCUT2D eigenvalue weighted by Crippen LogP contribution is -2.65. The van der Waals surface area contributed by atoms with Crippen LogP contribution in [0.1, 0.15) is 6.42 Å². The van der Waals surface area contributed by atoms with Crippen molar-refractivity contribution in [2.75, 3.05) is 57.5 Å². The fraction of sp³-hybridized carbons (Fsp3) is 0.600. The molecule has 6 nitrogen and oxygen atoms in total. The molecule has 0 bridgehead atoms. The van der Waals surface area contributed by atoms with Crippen molar-refractivity contribution in [3.8, 4) is 5.75 Å². The third kappa shape index (κ3) is 4.59. The summed E-state index contributed by atoms with van der Waals surface area (Å²) in [5.41, 5.74) is 1.26. The average Bonchev–Trinajstić information content (AvgIpc) is 2.44. The Balaban J connectivity index is 0.000000309. The fourth-order valence-corrected chi connectivity index (χ4v) is 3.07. The average molecular weight is 328 g/mol. The van der Waals surface area contributed by atoms with Crippen molar-refractivity contribution in [3.63, 3.8) is 0 Å². The molecule has 2 saturated heterocycles. The molecular weight excluding hydrogens is 304 g/mol. The minimum absolute atomic E-state index is 0.604. The van der Waals surface area contributed by atoms with Gasteiger partial charge >= 0.3 is 0 Å². The van der Waals surface area contributed by atoms with Gasteiger partial charge < -0.3 is 18.7 Å². The van der Waals surface area contributed by atoms with E-state index in [1.807, 2.05) is 6.07 Å². The molecule has 2 aliphatic rings. The maximum atomic E-state index is 9.08. The monoisotopic (exact) mass is 328 g/mol. The van der Waals surface area contributed by atoms with E-state index in [4.69, 9.17) is 17.7 Å². The van der Waals surface area contributed by atoms with E-state index in [1.165, 1.54) is 55.9 Å². The Morgan fingerprint density at radius 3 is 2.14 bits per heavy atom. The van der Waals surface area contributed by atoms with Crippen molar-refractivity contribution in [3.05, 3.63) is 24.3 Å². The van der Waals surface area contributed by atoms with Gasteiger partial charge in [-0.05, 0) is 12.1 Å². The van der Waals surface area contributed by atoms with Crippen LogP contribution in [0.15, 0.2) is 24.3 Å². The Hall–Kier alpha value is -1.31. The SMILES string of the molecule is COc1ccccc1N1CC[N+]2(CCC2)CC1.CS(=O)(=O)[O-]. The van der Waals surface area contributed by atoms with E-state index in [2.05, 4.69) is 23.1 Å². The zero-order valence-corrected chi connectivity index (χ0v) is 14.0. The highest BCUT2D eigenvalue weighted by atomic mass is 32.2. The molecule has 124 valence electrons. The summed E-state index contributed by atoms with van der Waals surface area (Å²) < 4.78 is 34.0. The number of methoxy groups -OCH3 is 1. The number of benzene rings is 1. The largest absolute Gasteiger partial charge is 0.748 e. The number of hydrogen-bond acceptors (Lipinski definition) is 5. The van der Waals surface area contributed by atoms with Crippen LogP contribution < -0.4 is 9.64 Å². The van der Waals surface area contributed by atoms with Crippen molar-refractivity contribution in [1.29, 1.82) is 0 Å². The van der Waals surface area contributed by atoms with Crippen LogP contribution in [0, 0.1) is 0 Å². The van der Waals surface area contributed by atoms with Crippen LogP contribution >= 0.6 is 0 Å². The summed E-state index contributed by atoms with van der Waals surface area (Å²) in [6, 6.07) is 8.36. The van der Waals surface area contributed by atoms with Crippen LogP contribution in [-0.4, -0.2) is 70.1 Å². The zero-order valence-electron chi connectivity index (χ0n) is 13.2. The van der Waals surface area contributed by atoms with Gasteiger partial charge in [-0.3, -0.25) is 0 Å². The second-order valence-corrected chi connectivity index (χ2v) is 7.36. The van der Waals surface area contributed by atoms with Crippen LogP contribution in [0.25, 0.3) is 0 Å². The number of rotatable bonds is 2. The lowest BCUT2D eigenvalue weighted by molar-refractivity contribution is -0.964. The molecule has 2 aliphatic heterocycles. The van der Waals surface area contributed by atoms with Crippen molar-refractivity contribution < 1.29 is 22.2 Å². The second-order valence-electron chi connectivity index (χ2n) is 5.95. The predicted molar refractivity (Wildman–Crippen MR) is 85.2 cm³/mol. The molecule has 2 heterocycles. The standard InChI is InChI=1S/C14H21N2O.CH4O3S/c1-17-14-6-3-2-5-13(14)15-7-11-16(12-8-15)9-4-10-16;1-5(2,3)4/h2-3,5-6H,4,7-12H2,1H3;1H3,(H,2,3,4)/q+1;/p-1. The molecule has 0 aromatic heterocycles. The van der Waals surface area contributed by atoms with Gasteiger partial charge in [0.2, 0.25) is 0 Å². The molecule has 0 N–H and O–H groups in total. The highest BCUT2D eigenvalue weighted by molar-refractivity contribution is 7.84. The topological polar surface area (TPSA) is 69.7 Å². The molecule has 0 amide bonds. The van der Waals surface area contributed by atoms with E-state index in [1.54, 1.807) is 7.11 Å². The molecule has 0 saturated carbocycles. The Kier molecular flexibility index (Phi) is 5.31. The highest BCUT2D eigenvalue weighted by Gasteiger charge is 2.38. The number of quaternary nitrogens is 1. The Morgan fingerprint density at radius 2 is 1.68 bits per heavy atom. The van der Waals surface area contributed by atoms with Gasteiger partial charge in [-0.15, -0.1) is 0 Å².